The van der Waals surface area contributed by atoms with Gasteiger partial charge in [-0.05, 0) is 34.0 Å². The molecule has 0 amide bonds. The van der Waals surface area contributed by atoms with Crippen LogP contribution in [0.5, 0.6) is 0 Å². The van der Waals surface area contributed by atoms with Crippen LogP contribution in [0.15, 0.2) is 0 Å². The van der Waals surface area contributed by atoms with Crippen molar-refractivity contribution >= 4 is 0 Å². The number of nitrogens with one attached hydrogen (secondary N) is 1. The molecule has 2 heteroatoms. The van der Waals surface area contributed by atoms with Crippen LogP contribution in [0.4, 0.5) is 0 Å². The molecule has 1 aliphatic rings. The van der Waals surface area contributed by atoms with E-state index in [4.69, 9.17) is 0 Å². The Balaban J connectivity index is 2.44. The molecule has 0 aromatic heterocycles. The predicted molar refractivity (Wildman–Crippen MR) is 48.8 cm³/mol. The van der Waals surface area contributed by atoms with Crippen LogP contribution in [0.3, 0.4) is 0 Å². The topological polar surface area (TPSA) is 15.3 Å². The molecule has 1 fully saturated rings. The summed E-state index contributed by atoms with van der Waals surface area (Å²) in [4.78, 5) is 2.35. The first-order chi connectivity index (χ1) is 5.25. The van der Waals surface area contributed by atoms with Crippen molar-refractivity contribution in [3.05, 3.63) is 0 Å². The average Bonchev–Trinajstić information content (AvgIpc) is 2.04. The second-order valence-electron chi connectivity index (χ2n) is 3.71. The highest BCUT2D eigenvalue weighted by Crippen LogP contribution is 2.20. The van der Waals surface area contributed by atoms with E-state index in [1.165, 1.54) is 25.7 Å². The van der Waals surface area contributed by atoms with Gasteiger partial charge in [0.15, 0.2) is 0 Å². The van der Waals surface area contributed by atoms with Gasteiger partial charge in [-0.25, -0.2) is 0 Å². The SMILES string of the molecule is CNC1CCCCC1N(C)C. The summed E-state index contributed by atoms with van der Waals surface area (Å²) in [5.41, 5.74) is 0. The highest BCUT2D eigenvalue weighted by atomic mass is 15.1. The van der Waals surface area contributed by atoms with Gasteiger partial charge in [0, 0.05) is 12.1 Å². The molecule has 0 aromatic carbocycles. The lowest BCUT2D eigenvalue weighted by molar-refractivity contribution is 0.183. The van der Waals surface area contributed by atoms with E-state index in [9.17, 15) is 0 Å². The molecule has 0 heterocycles. The predicted octanol–water partition coefficient (Wildman–Crippen LogP) is 1.08. The van der Waals surface area contributed by atoms with E-state index in [0.29, 0.717) is 0 Å². The Hall–Kier alpha value is -0.0800. The number of nitrogens with zero attached hydrogens (tertiary/aromatic N) is 1. The summed E-state index contributed by atoms with van der Waals surface area (Å²) < 4.78 is 0. The molecule has 11 heavy (non-hydrogen) atoms. The average molecular weight is 156 g/mol. The van der Waals surface area contributed by atoms with E-state index >= 15 is 0 Å². The summed E-state index contributed by atoms with van der Waals surface area (Å²) in [5, 5.41) is 3.39. The number of hydrogen-bond acceptors (Lipinski definition) is 2. The van der Waals surface area contributed by atoms with Gasteiger partial charge in [0.05, 0.1) is 0 Å². The lowest BCUT2D eigenvalue weighted by Crippen LogP contribution is -2.47. The van der Waals surface area contributed by atoms with Gasteiger partial charge in [0.1, 0.15) is 0 Å². The molecule has 2 unspecified atom stereocenters. The van der Waals surface area contributed by atoms with Crippen molar-refractivity contribution in [3.8, 4) is 0 Å². The van der Waals surface area contributed by atoms with Crippen LogP contribution in [0.1, 0.15) is 25.7 Å². The van der Waals surface area contributed by atoms with Crippen LogP contribution in [-0.4, -0.2) is 38.1 Å². The molecule has 0 spiro atoms. The minimum absolute atomic E-state index is 0.721. The van der Waals surface area contributed by atoms with Gasteiger partial charge in [-0.1, -0.05) is 12.8 Å². The second kappa shape index (κ2) is 4.07. The normalized spacial score (nSPS) is 32.7. The van der Waals surface area contributed by atoms with Crippen LogP contribution < -0.4 is 5.32 Å². The minimum Gasteiger partial charge on any atom is -0.315 e. The summed E-state index contributed by atoms with van der Waals surface area (Å²) in [5.74, 6) is 0. The molecule has 0 radical (unpaired) electrons. The third-order valence-corrected chi connectivity index (χ3v) is 2.76. The zero-order valence-corrected chi connectivity index (χ0v) is 7.93. The molecule has 1 aliphatic carbocycles. The molecule has 1 rings (SSSR count). The first-order valence-electron chi connectivity index (χ1n) is 4.59. The fraction of sp³-hybridized carbons (Fsp3) is 1.00. The summed E-state index contributed by atoms with van der Waals surface area (Å²) in [6.07, 6.45) is 5.51. The molecule has 2 atom stereocenters. The summed E-state index contributed by atoms with van der Waals surface area (Å²) in [6, 6.07) is 1.48. The summed E-state index contributed by atoms with van der Waals surface area (Å²) in [6.45, 7) is 0. The van der Waals surface area contributed by atoms with Crippen molar-refractivity contribution in [2.75, 3.05) is 21.1 Å². The number of rotatable bonds is 2. The lowest BCUT2D eigenvalue weighted by Gasteiger charge is -2.35. The van der Waals surface area contributed by atoms with E-state index < -0.39 is 0 Å². The third-order valence-electron chi connectivity index (χ3n) is 2.76. The maximum atomic E-state index is 3.39. The van der Waals surface area contributed by atoms with E-state index in [1.54, 1.807) is 0 Å². The van der Waals surface area contributed by atoms with Gasteiger partial charge in [-0.2, -0.15) is 0 Å². The van der Waals surface area contributed by atoms with Crippen molar-refractivity contribution in [1.29, 1.82) is 0 Å². The maximum absolute atomic E-state index is 3.39. The molecule has 0 aliphatic heterocycles. The van der Waals surface area contributed by atoms with Crippen LogP contribution in [-0.2, 0) is 0 Å². The van der Waals surface area contributed by atoms with Crippen molar-refractivity contribution in [1.82, 2.24) is 10.2 Å². The summed E-state index contributed by atoms with van der Waals surface area (Å²) >= 11 is 0. The van der Waals surface area contributed by atoms with Crippen LogP contribution >= 0.6 is 0 Å². The van der Waals surface area contributed by atoms with Crippen molar-refractivity contribution in [2.24, 2.45) is 0 Å². The van der Waals surface area contributed by atoms with Gasteiger partial charge in [0.2, 0.25) is 0 Å². The third kappa shape index (κ3) is 2.17. The van der Waals surface area contributed by atoms with E-state index in [2.05, 4.69) is 31.4 Å². The van der Waals surface area contributed by atoms with Crippen LogP contribution in [0, 0.1) is 0 Å². The first kappa shape index (κ1) is 9.01. The van der Waals surface area contributed by atoms with Gasteiger partial charge in [-0.15, -0.1) is 0 Å². The van der Waals surface area contributed by atoms with E-state index in [-0.39, 0.29) is 0 Å². The van der Waals surface area contributed by atoms with E-state index in [0.717, 1.165) is 12.1 Å². The Morgan fingerprint density at radius 3 is 2.27 bits per heavy atom. The fourth-order valence-corrected chi connectivity index (χ4v) is 2.07. The minimum atomic E-state index is 0.721. The fourth-order valence-electron chi connectivity index (χ4n) is 2.07. The number of likely N-dealkylation sites (N-methyl/N-ethyl adjacent to an activating group) is 2. The monoisotopic (exact) mass is 156 g/mol. The highest BCUT2D eigenvalue weighted by Gasteiger charge is 2.24. The van der Waals surface area contributed by atoms with Crippen molar-refractivity contribution in [3.63, 3.8) is 0 Å². The maximum Gasteiger partial charge on any atom is 0.0243 e. The standard InChI is InChI=1S/C9H20N2/c1-10-8-6-4-5-7-9(8)11(2)3/h8-10H,4-7H2,1-3H3. The molecule has 66 valence electrons. The lowest BCUT2D eigenvalue weighted by atomic mass is 9.90. The van der Waals surface area contributed by atoms with Gasteiger partial charge < -0.3 is 10.2 Å². The highest BCUT2D eigenvalue weighted by molar-refractivity contribution is 4.84. The molecule has 1 N–H and O–H groups in total. The molecule has 0 aromatic rings. The summed E-state index contributed by atoms with van der Waals surface area (Å²) in [7, 11) is 6.44. The van der Waals surface area contributed by atoms with Crippen LogP contribution in [0.25, 0.3) is 0 Å². The molecular formula is C9H20N2. The Kier molecular flexibility index (Phi) is 3.34. The Labute approximate surface area is 70.0 Å². The smallest absolute Gasteiger partial charge is 0.0243 e. The van der Waals surface area contributed by atoms with Gasteiger partial charge in [-0.3, -0.25) is 0 Å². The van der Waals surface area contributed by atoms with Crippen molar-refractivity contribution < 1.29 is 0 Å². The molecule has 2 nitrogen and oxygen atoms in total. The van der Waals surface area contributed by atoms with Gasteiger partial charge in [0.25, 0.3) is 0 Å². The van der Waals surface area contributed by atoms with Gasteiger partial charge >= 0.3 is 0 Å². The van der Waals surface area contributed by atoms with Crippen LogP contribution in [0.2, 0.25) is 0 Å². The quantitative estimate of drug-likeness (QED) is 0.643. The zero-order chi connectivity index (χ0) is 8.27. The second-order valence-corrected chi connectivity index (χ2v) is 3.71. The van der Waals surface area contributed by atoms with E-state index in [1.807, 2.05) is 0 Å². The zero-order valence-electron chi connectivity index (χ0n) is 7.93. The number of hydrogen-bond donors (Lipinski definition) is 1. The Morgan fingerprint density at radius 1 is 1.18 bits per heavy atom. The Bertz CT molecular complexity index is 112. The molecule has 0 saturated heterocycles. The Morgan fingerprint density at radius 2 is 1.82 bits per heavy atom. The molecular weight excluding hydrogens is 136 g/mol. The largest absolute Gasteiger partial charge is 0.315 e. The first-order valence-corrected chi connectivity index (χ1v) is 4.59. The molecule has 0 bridgehead atoms. The molecule has 1 saturated carbocycles. The van der Waals surface area contributed by atoms with Crippen molar-refractivity contribution in [2.45, 2.75) is 37.8 Å².